The molecule has 0 N–H and O–H groups in total. The highest BCUT2D eigenvalue weighted by Crippen LogP contribution is 2.64. The van der Waals surface area contributed by atoms with Gasteiger partial charge in [0.1, 0.15) is 0 Å². The summed E-state index contributed by atoms with van der Waals surface area (Å²) >= 11 is 0. The molecular weight excluding hydrogens is 508 g/mol. The highest BCUT2D eigenvalue weighted by molar-refractivity contribution is 5.16. The molecular formula is C17H18F16. The van der Waals surface area contributed by atoms with Crippen molar-refractivity contribution in [3.63, 3.8) is 0 Å². The summed E-state index contributed by atoms with van der Waals surface area (Å²) < 4.78 is 217. The van der Waals surface area contributed by atoms with E-state index in [1.54, 1.807) is 0 Å². The summed E-state index contributed by atoms with van der Waals surface area (Å²) in [6.07, 6.45) is -5.62. The summed E-state index contributed by atoms with van der Waals surface area (Å²) in [7, 11) is 0. The van der Waals surface area contributed by atoms with Crippen molar-refractivity contribution in [3.05, 3.63) is 12.2 Å². The van der Waals surface area contributed by atoms with Gasteiger partial charge in [0.05, 0.1) is 0 Å². The molecule has 0 nitrogen and oxygen atoms in total. The van der Waals surface area contributed by atoms with Gasteiger partial charge in [0.25, 0.3) is 0 Å². The van der Waals surface area contributed by atoms with Gasteiger partial charge in [-0.05, 0) is 13.3 Å². The van der Waals surface area contributed by atoms with Crippen molar-refractivity contribution in [1.29, 1.82) is 0 Å². The van der Waals surface area contributed by atoms with Crippen LogP contribution in [0.1, 0.15) is 46.0 Å². The Labute approximate surface area is 177 Å². The maximum Gasteiger partial charge on any atom is 0.384 e. The lowest BCUT2D eigenvalue weighted by atomic mass is 9.86. The van der Waals surface area contributed by atoms with E-state index < -0.39 is 66.6 Å². The number of halogens is 16. The van der Waals surface area contributed by atoms with Crippen LogP contribution >= 0.6 is 0 Å². The molecule has 0 heterocycles. The van der Waals surface area contributed by atoms with E-state index in [9.17, 15) is 70.2 Å². The van der Waals surface area contributed by atoms with Crippen LogP contribution in [0.15, 0.2) is 12.2 Å². The Morgan fingerprint density at radius 2 is 0.818 bits per heavy atom. The second-order valence-electron chi connectivity index (χ2n) is 7.09. The average molecular weight is 526 g/mol. The van der Waals surface area contributed by atoms with Crippen molar-refractivity contribution < 1.29 is 70.2 Å². The molecule has 0 spiro atoms. The van der Waals surface area contributed by atoms with E-state index in [1.165, 1.54) is 6.92 Å². The van der Waals surface area contributed by atoms with Gasteiger partial charge >= 0.3 is 47.4 Å². The maximum absolute atomic E-state index is 13.7. The quantitative estimate of drug-likeness (QED) is 0.128. The van der Waals surface area contributed by atoms with Crippen LogP contribution in [0.5, 0.6) is 0 Å². The van der Waals surface area contributed by atoms with E-state index in [0.717, 1.165) is 6.92 Å². The van der Waals surface area contributed by atoms with Gasteiger partial charge in [-0.15, -0.1) is 0 Å². The van der Waals surface area contributed by atoms with Crippen LogP contribution in [0.25, 0.3) is 0 Å². The standard InChI is InChI=1S/C17H18F16/c1-3-5-7-9-11(20,21)13(24,25)15(28,29)17(32,33)16(30,31)14(26,27)12(22,23)10(18,19)8-6-4-2/h4,6H,3,5,7-9H2,1-2H3/b6-4+. The second kappa shape index (κ2) is 9.34. The van der Waals surface area contributed by atoms with E-state index in [1.807, 2.05) is 0 Å². The van der Waals surface area contributed by atoms with E-state index in [0.29, 0.717) is 6.08 Å². The van der Waals surface area contributed by atoms with Gasteiger partial charge in [0.2, 0.25) is 0 Å². The second-order valence-corrected chi connectivity index (χ2v) is 7.09. The molecule has 0 atom stereocenters. The molecule has 0 aromatic heterocycles. The minimum Gasteiger partial charge on any atom is -0.200 e. The van der Waals surface area contributed by atoms with Crippen molar-refractivity contribution in [3.8, 4) is 0 Å². The molecule has 0 saturated carbocycles. The lowest BCUT2D eigenvalue weighted by Gasteiger charge is -2.43. The first kappa shape index (κ1) is 31.6. The molecule has 0 unspecified atom stereocenters. The minimum atomic E-state index is -8.35. The van der Waals surface area contributed by atoms with Crippen LogP contribution in [0.3, 0.4) is 0 Å². The van der Waals surface area contributed by atoms with E-state index in [2.05, 4.69) is 0 Å². The Hall–Kier alpha value is -1.38. The Morgan fingerprint density at radius 1 is 0.485 bits per heavy atom. The van der Waals surface area contributed by atoms with E-state index in [-0.39, 0.29) is 18.9 Å². The molecule has 33 heavy (non-hydrogen) atoms. The Bertz CT molecular complexity index is 677. The zero-order valence-electron chi connectivity index (χ0n) is 16.7. The van der Waals surface area contributed by atoms with Gasteiger partial charge in [0.15, 0.2) is 0 Å². The van der Waals surface area contributed by atoms with Gasteiger partial charge in [-0.3, -0.25) is 0 Å². The van der Waals surface area contributed by atoms with Crippen LogP contribution in [0, 0.1) is 0 Å². The van der Waals surface area contributed by atoms with Crippen molar-refractivity contribution >= 4 is 0 Å². The fraction of sp³-hybridized carbons (Fsp3) is 0.882. The summed E-state index contributed by atoms with van der Waals surface area (Å²) in [5.41, 5.74) is 0. The molecule has 0 aromatic rings. The number of alkyl halides is 16. The zero-order chi connectivity index (χ0) is 26.9. The van der Waals surface area contributed by atoms with Gasteiger partial charge in [-0.25, -0.2) is 0 Å². The molecule has 16 heteroatoms. The van der Waals surface area contributed by atoms with Crippen LogP contribution in [-0.2, 0) is 0 Å². The summed E-state index contributed by atoms with van der Waals surface area (Å²) in [4.78, 5) is 0. The number of rotatable bonds is 13. The number of unbranched alkanes of at least 4 members (excludes halogenated alkanes) is 2. The topological polar surface area (TPSA) is 0 Å². The lowest BCUT2D eigenvalue weighted by Crippen LogP contribution is -2.74. The molecule has 0 aromatic carbocycles. The average Bonchev–Trinajstić information content (AvgIpc) is 2.65. The smallest absolute Gasteiger partial charge is 0.200 e. The first-order chi connectivity index (χ1) is 14.4. The van der Waals surface area contributed by atoms with Crippen molar-refractivity contribution in [2.45, 2.75) is 93.3 Å². The first-order valence-electron chi connectivity index (χ1n) is 9.01. The fourth-order valence-corrected chi connectivity index (χ4v) is 2.40. The molecule has 0 saturated heterocycles. The Morgan fingerprint density at radius 3 is 1.15 bits per heavy atom. The number of allylic oxidation sites excluding steroid dienone is 2. The third kappa shape index (κ3) is 4.76. The first-order valence-corrected chi connectivity index (χ1v) is 9.01. The number of hydrogen-bond donors (Lipinski definition) is 0. The summed E-state index contributed by atoms with van der Waals surface area (Å²) in [6, 6.07) is 0. The van der Waals surface area contributed by atoms with Gasteiger partial charge < -0.3 is 0 Å². The van der Waals surface area contributed by atoms with Gasteiger partial charge in [0, 0.05) is 12.8 Å². The maximum atomic E-state index is 13.7. The van der Waals surface area contributed by atoms with Crippen LogP contribution < -0.4 is 0 Å². The molecule has 0 fully saturated rings. The number of hydrogen-bond acceptors (Lipinski definition) is 0. The SMILES string of the molecule is C/C=C/CC(F)(F)C(F)(F)C(F)(F)C(F)(F)C(F)(F)C(F)(F)C(F)(F)C(F)(F)CCCCC. The predicted molar refractivity (Wildman–Crippen MR) is 83.1 cm³/mol. The largest absolute Gasteiger partial charge is 0.384 e. The van der Waals surface area contributed by atoms with Crippen LogP contribution in [-0.4, -0.2) is 47.4 Å². The highest BCUT2D eigenvalue weighted by atomic mass is 19.4. The highest BCUT2D eigenvalue weighted by Gasteiger charge is 2.94. The third-order valence-corrected chi connectivity index (χ3v) is 4.59. The van der Waals surface area contributed by atoms with Crippen molar-refractivity contribution in [2.24, 2.45) is 0 Å². The predicted octanol–water partition coefficient (Wildman–Crippen LogP) is 8.62. The summed E-state index contributed by atoms with van der Waals surface area (Å²) in [5.74, 6) is -60.3. The Kier molecular flexibility index (Phi) is 8.95. The van der Waals surface area contributed by atoms with E-state index in [4.69, 9.17) is 0 Å². The van der Waals surface area contributed by atoms with Crippen molar-refractivity contribution in [1.82, 2.24) is 0 Å². The minimum absolute atomic E-state index is 0.000113. The molecule has 0 aliphatic heterocycles. The molecule has 198 valence electrons. The third-order valence-electron chi connectivity index (χ3n) is 4.59. The fourth-order valence-electron chi connectivity index (χ4n) is 2.40. The molecule has 0 amide bonds. The van der Waals surface area contributed by atoms with Crippen LogP contribution in [0.4, 0.5) is 70.2 Å². The van der Waals surface area contributed by atoms with Gasteiger partial charge in [-0.1, -0.05) is 31.9 Å². The van der Waals surface area contributed by atoms with Crippen molar-refractivity contribution in [2.75, 3.05) is 0 Å². The Balaban J connectivity index is 6.57. The molecule has 0 aliphatic rings. The monoisotopic (exact) mass is 526 g/mol. The van der Waals surface area contributed by atoms with E-state index >= 15 is 0 Å². The molecule has 0 radical (unpaired) electrons. The molecule has 0 aliphatic carbocycles. The normalized spacial score (nSPS) is 16.1. The molecule has 0 rings (SSSR count). The van der Waals surface area contributed by atoms with Crippen LogP contribution in [0.2, 0.25) is 0 Å². The summed E-state index contributed by atoms with van der Waals surface area (Å²) in [6.45, 7) is 2.16. The summed E-state index contributed by atoms with van der Waals surface area (Å²) in [5, 5.41) is 0. The lowest BCUT2D eigenvalue weighted by molar-refractivity contribution is -0.453. The van der Waals surface area contributed by atoms with Gasteiger partial charge in [-0.2, -0.15) is 70.2 Å². The molecule has 0 bridgehead atoms. The zero-order valence-corrected chi connectivity index (χ0v) is 16.7.